The molecule has 2 heterocycles. The van der Waals surface area contributed by atoms with Crippen LogP contribution in [0.15, 0.2) is 30.3 Å². The molecule has 3 rings (SSSR count). The first-order valence-electron chi connectivity index (χ1n) is 8.91. The largest absolute Gasteiger partial charge is 0.464 e. The molecule has 0 aliphatic heterocycles. The van der Waals surface area contributed by atoms with Gasteiger partial charge in [0.1, 0.15) is 4.88 Å². The Morgan fingerprint density at radius 3 is 2.57 bits per heavy atom. The highest BCUT2D eigenvalue weighted by atomic mass is 32.1. The number of benzene rings is 1. The van der Waals surface area contributed by atoms with Gasteiger partial charge in [-0.2, -0.15) is 0 Å². The second kappa shape index (κ2) is 9.07. The number of rotatable bonds is 7. The lowest BCUT2D eigenvalue weighted by Crippen LogP contribution is -2.13. The van der Waals surface area contributed by atoms with Crippen molar-refractivity contribution < 1.29 is 14.3 Å². The molecule has 1 aromatic carbocycles. The molecule has 0 bridgehead atoms. The van der Waals surface area contributed by atoms with Gasteiger partial charge in [-0.1, -0.05) is 43.7 Å². The predicted octanol–water partition coefficient (Wildman–Crippen LogP) is 4.49. The van der Waals surface area contributed by atoms with E-state index in [1.165, 1.54) is 29.8 Å². The Balaban J connectivity index is 1.86. The summed E-state index contributed by atoms with van der Waals surface area (Å²) in [5.74, 6) is -0.756. The normalized spacial score (nSPS) is 10.7. The fraction of sp³-hybridized carbons (Fsp3) is 0.300. The Morgan fingerprint density at radius 1 is 1.14 bits per heavy atom. The molecule has 8 heteroatoms. The van der Waals surface area contributed by atoms with Gasteiger partial charge in [-0.25, -0.2) is 14.8 Å². The number of anilines is 1. The Hall–Kier alpha value is -2.58. The van der Waals surface area contributed by atoms with Crippen LogP contribution in [0.5, 0.6) is 0 Å². The molecule has 146 valence electrons. The van der Waals surface area contributed by atoms with Crippen molar-refractivity contribution >= 4 is 39.7 Å². The van der Waals surface area contributed by atoms with Crippen LogP contribution >= 0.6 is 22.7 Å². The van der Waals surface area contributed by atoms with Gasteiger partial charge in [-0.15, -0.1) is 22.7 Å². The fourth-order valence-corrected chi connectivity index (χ4v) is 4.61. The summed E-state index contributed by atoms with van der Waals surface area (Å²) in [5.41, 5.74) is 2.09. The van der Waals surface area contributed by atoms with Crippen LogP contribution in [0.25, 0.3) is 0 Å². The van der Waals surface area contributed by atoms with E-state index in [1.807, 2.05) is 37.3 Å². The van der Waals surface area contributed by atoms with Gasteiger partial charge < -0.3 is 4.74 Å². The summed E-state index contributed by atoms with van der Waals surface area (Å²) in [7, 11) is 1.32. The van der Waals surface area contributed by atoms with Crippen molar-refractivity contribution in [2.75, 3.05) is 12.4 Å². The highest BCUT2D eigenvalue weighted by Gasteiger charge is 2.22. The monoisotopic (exact) mass is 415 g/mol. The quantitative estimate of drug-likeness (QED) is 0.575. The third-order valence-corrected chi connectivity index (χ3v) is 5.98. The first kappa shape index (κ1) is 20.2. The number of nitrogens with zero attached hydrogens (tertiary/aromatic N) is 2. The average Bonchev–Trinajstić information content (AvgIpc) is 3.25. The number of carbonyl (C=O) groups excluding carboxylic acids is 2. The number of nitrogens with one attached hydrogen (secondary N) is 1. The maximum absolute atomic E-state index is 12.8. The molecule has 0 unspecified atom stereocenters. The first-order valence-corrected chi connectivity index (χ1v) is 10.5. The highest BCUT2D eigenvalue weighted by molar-refractivity contribution is 7.16. The van der Waals surface area contributed by atoms with Crippen LogP contribution < -0.4 is 5.32 Å². The third-order valence-electron chi connectivity index (χ3n) is 4.00. The summed E-state index contributed by atoms with van der Waals surface area (Å²) in [6, 6.07) is 9.79. The zero-order valence-corrected chi connectivity index (χ0v) is 17.6. The van der Waals surface area contributed by atoms with E-state index in [4.69, 9.17) is 4.74 Å². The van der Waals surface area contributed by atoms with Crippen molar-refractivity contribution in [3.63, 3.8) is 0 Å². The van der Waals surface area contributed by atoms with E-state index in [2.05, 4.69) is 22.2 Å². The number of aromatic nitrogens is 2. The van der Waals surface area contributed by atoms with Crippen molar-refractivity contribution in [1.29, 1.82) is 0 Å². The van der Waals surface area contributed by atoms with Crippen LogP contribution in [0.2, 0.25) is 0 Å². The number of amides is 1. The number of ether oxygens (including phenoxy) is 1. The summed E-state index contributed by atoms with van der Waals surface area (Å²) < 4.78 is 4.86. The molecule has 2 aromatic heterocycles. The lowest BCUT2D eigenvalue weighted by atomic mass is 10.1. The summed E-state index contributed by atoms with van der Waals surface area (Å²) in [6.45, 7) is 3.94. The highest BCUT2D eigenvalue weighted by Crippen LogP contribution is 2.28. The minimum absolute atomic E-state index is 0.237. The maximum Gasteiger partial charge on any atom is 0.357 e. The van der Waals surface area contributed by atoms with E-state index < -0.39 is 5.97 Å². The number of hydrogen-bond acceptors (Lipinski definition) is 7. The molecule has 0 fully saturated rings. The number of methoxy groups -OCH3 is 1. The molecule has 3 aromatic rings. The van der Waals surface area contributed by atoms with Crippen LogP contribution in [0, 0.1) is 6.92 Å². The van der Waals surface area contributed by atoms with E-state index in [1.54, 1.807) is 0 Å². The lowest BCUT2D eigenvalue weighted by molar-refractivity contribution is 0.0593. The minimum Gasteiger partial charge on any atom is -0.464 e. The average molecular weight is 416 g/mol. The van der Waals surface area contributed by atoms with Crippen molar-refractivity contribution in [2.45, 2.75) is 33.1 Å². The van der Waals surface area contributed by atoms with E-state index >= 15 is 0 Å². The molecule has 6 nitrogen and oxygen atoms in total. The molecule has 0 atom stereocenters. The summed E-state index contributed by atoms with van der Waals surface area (Å²) in [5, 5.41) is 4.06. The van der Waals surface area contributed by atoms with Gasteiger partial charge in [0.05, 0.1) is 17.8 Å². The topological polar surface area (TPSA) is 81.2 Å². The molecule has 1 amide bonds. The molecule has 1 N–H and O–H groups in total. The molecule has 0 saturated carbocycles. The predicted molar refractivity (Wildman–Crippen MR) is 112 cm³/mol. The van der Waals surface area contributed by atoms with Crippen LogP contribution in [0.4, 0.5) is 5.13 Å². The van der Waals surface area contributed by atoms with Crippen molar-refractivity contribution in [3.05, 3.63) is 62.0 Å². The van der Waals surface area contributed by atoms with Crippen LogP contribution in [-0.4, -0.2) is 29.0 Å². The molecule has 0 radical (unpaired) electrons. The van der Waals surface area contributed by atoms with Crippen LogP contribution in [0.1, 0.15) is 54.6 Å². The number of carbonyl (C=O) groups is 2. The standard InChI is InChI=1S/C20H21N3O3S2/c1-4-8-14-17(27-12(2)21-14)18(24)23-20-22-16(19(25)26-3)15(28-20)11-13-9-6-5-7-10-13/h5-7,9-10H,4,8,11H2,1-3H3,(H,22,23,24). The molecular weight excluding hydrogens is 394 g/mol. The number of aryl methyl sites for hydroxylation is 2. The number of thiazole rings is 2. The number of hydrogen-bond donors (Lipinski definition) is 1. The van der Waals surface area contributed by atoms with Gasteiger partial charge in [0.2, 0.25) is 0 Å². The van der Waals surface area contributed by atoms with Gasteiger partial charge >= 0.3 is 5.97 Å². The lowest BCUT2D eigenvalue weighted by Gasteiger charge is -2.01. The SMILES string of the molecule is CCCc1nc(C)sc1C(=O)Nc1nc(C(=O)OC)c(Cc2ccccc2)s1. The Morgan fingerprint density at radius 2 is 1.89 bits per heavy atom. The van der Waals surface area contributed by atoms with E-state index in [9.17, 15) is 9.59 Å². The molecule has 0 aliphatic rings. The maximum atomic E-state index is 12.8. The molecule has 0 spiro atoms. The molecule has 0 saturated heterocycles. The van der Waals surface area contributed by atoms with E-state index in [0.29, 0.717) is 16.4 Å². The first-order chi connectivity index (χ1) is 13.5. The zero-order chi connectivity index (χ0) is 20.1. The Labute approximate surface area is 171 Å². The van der Waals surface area contributed by atoms with Gasteiger partial charge in [0.15, 0.2) is 10.8 Å². The van der Waals surface area contributed by atoms with Gasteiger partial charge in [0.25, 0.3) is 5.91 Å². The second-order valence-corrected chi connectivity index (χ2v) is 8.44. The summed E-state index contributed by atoms with van der Waals surface area (Å²) in [4.78, 5) is 35.0. The fourth-order valence-electron chi connectivity index (χ4n) is 2.77. The molecule has 28 heavy (non-hydrogen) atoms. The van der Waals surface area contributed by atoms with E-state index in [0.717, 1.165) is 34.0 Å². The minimum atomic E-state index is -0.511. The van der Waals surface area contributed by atoms with Crippen molar-refractivity contribution in [2.24, 2.45) is 0 Å². The van der Waals surface area contributed by atoms with Crippen LogP contribution in [-0.2, 0) is 17.6 Å². The van der Waals surface area contributed by atoms with E-state index in [-0.39, 0.29) is 11.6 Å². The van der Waals surface area contributed by atoms with Gasteiger partial charge in [0, 0.05) is 11.3 Å². The zero-order valence-electron chi connectivity index (χ0n) is 15.9. The van der Waals surface area contributed by atoms with Gasteiger partial charge in [-0.3, -0.25) is 10.1 Å². The van der Waals surface area contributed by atoms with Crippen molar-refractivity contribution in [1.82, 2.24) is 9.97 Å². The van der Waals surface area contributed by atoms with Crippen LogP contribution in [0.3, 0.4) is 0 Å². The Kier molecular flexibility index (Phi) is 6.53. The number of esters is 1. The third kappa shape index (κ3) is 4.63. The Bertz CT molecular complexity index is 980. The second-order valence-electron chi connectivity index (χ2n) is 6.16. The summed E-state index contributed by atoms with van der Waals surface area (Å²) >= 11 is 2.66. The summed E-state index contributed by atoms with van der Waals surface area (Å²) in [6.07, 6.45) is 2.20. The van der Waals surface area contributed by atoms with Gasteiger partial charge in [-0.05, 0) is 18.9 Å². The van der Waals surface area contributed by atoms with Crippen molar-refractivity contribution in [3.8, 4) is 0 Å². The molecular formula is C20H21N3O3S2. The smallest absolute Gasteiger partial charge is 0.357 e. The molecule has 0 aliphatic carbocycles.